The van der Waals surface area contributed by atoms with Crippen LogP contribution in [0.15, 0.2) is 36.2 Å². The Morgan fingerprint density at radius 2 is 2.12 bits per heavy atom. The molecular formula is C20H26N2O4. The minimum absolute atomic E-state index is 0.0434. The summed E-state index contributed by atoms with van der Waals surface area (Å²) in [6.07, 6.45) is 3.59. The molecule has 6 nitrogen and oxygen atoms in total. The van der Waals surface area contributed by atoms with E-state index < -0.39 is 0 Å². The lowest BCUT2D eigenvalue weighted by Gasteiger charge is -2.24. The minimum atomic E-state index is -0.317. The second-order valence-corrected chi connectivity index (χ2v) is 7.04. The largest absolute Gasteiger partial charge is 0.465 e. The standard InChI is InChI=1S/C20H26N2O4/c1-4-17-15(11-25-19(17)23)9-16-10-21(3)12-22(16)13-26-20(24)18-8-6-5-7-14(18)2/h5-8,10,15,17H,4,9,11-13H2,1-3H3/t15-,17-/m0/s1. The van der Waals surface area contributed by atoms with Crippen molar-refractivity contribution in [3.8, 4) is 0 Å². The Bertz CT molecular complexity index is 716. The Kier molecular flexibility index (Phi) is 5.49. The Balaban J connectivity index is 1.61. The van der Waals surface area contributed by atoms with E-state index in [4.69, 9.17) is 9.47 Å². The van der Waals surface area contributed by atoms with E-state index in [1.807, 2.05) is 44.0 Å². The maximum atomic E-state index is 12.3. The van der Waals surface area contributed by atoms with Gasteiger partial charge in [0.15, 0.2) is 6.73 Å². The molecular weight excluding hydrogens is 332 g/mol. The third-order valence-corrected chi connectivity index (χ3v) is 5.11. The van der Waals surface area contributed by atoms with Crippen LogP contribution in [-0.4, -0.2) is 48.8 Å². The summed E-state index contributed by atoms with van der Waals surface area (Å²) in [5, 5.41) is 0. The Labute approximate surface area is 154 Å². The summed E-state index contributed by atoms with van der Waals surface area (Å²) in [5.41, 5.74) is 2.57. The van der Waals surface area contributed by atoms with Crippen LogP contribution in [-0.2, 0) is 14.3 Å². The van der Waals surface area contributed by atoms with Crippen LogP contribution in [0.3, 0.4) is 0 Å². The molecule has 140 valence electrons. The van der Waals surface area contributed by atoms with Gasteiger partial charge in [0.05, 0.1) is 24.8 Å². The van der Waals surface area contributed by atoms with E-state index in [0.717, 1.165) is 24.1 Å². The highest BCUT2D eigenvalue weighted by Crippen LogP contribution is 2.32. The molecule has 1 fully saturated rings. The quantitative estimate of drug-likeness (QED) is 0.729. The maximum Gasteiger partial charge on any atom is 0.340 e. The van der Waals surface area contributed by atoms with Crippen molar-refractivity contribution in [2.75, 3.05) is 27.1 Å². The highest BCUT2D eigenvalue weighted by Gasteiger charge is 2.37. The number of nitrogens with zero attached hydrogens (tertiary/aromatic N) is 2. The third-order valence-electron chi connectivity index (χ3n) is 5.11. The van der Waals surface area contributed by atoms with E-state index >= 15 is 0 Å². The van der Waals surface area contributed by atoms with Crippen molar-refractivity contribution in [2.45, 2.75) is 26.7 Å². The van der Waals surface area contributed by atoms with Crippen molar-refractivity contribution < 1.29 is 19.1 Å². The van der Waals surface area contributed by atoms with Crippen molar-refractivity contribution in [2.24, 2.45) is 11.8 Å². The molecule has 0 aliphatic carbocycles. The van der Waals surface area contributed by atoms with Crippen LogP contribution in [0.4, 0.5) is 0 Å². The summed E-state index contributed by atoms with van der Waals surface area (Å²) >= 11 is 0. The van der Waals surface area contributed by atoms with Gasteiger partial charge in [-0.3, -0.25) is 4.79 Å². The second kappa shape index (κ2) is 7.81. The number of ether oxygens (including phenoxy) is 2. The molecule has 0 radical (unpaired) electrons. The van der Waals surface area contributed by atoms with Gasteiger partial charge in [-0.1, -0.05) is 25.1 Å². The zero-order valence-corrected chi connectivity index (χ0v) is 15.6. The van der Waals surface area contributed by atoms with Gasteiger partial charge in [0.2, 0.25) is 0 Å². The molecule has 2 aliphatic rings. The predicted molar refractivity (Wildman–Crippen MR) is 96.9 cm³/mol. The fourth-order valence-electron chi connectivity index (χ4n) is 3.63. The molecule has 0 spiro atoms. The van der Waals surface area contributed by atoms with E-state index in [-0.39, 0.29) is 30.5 Å². The molecule has 0 N–H and O–H groups in total. The average molecular weight is 358 g/mol. The maximum absolute atomic E-state index is 12.3. The summed E-state index contributed by atoms with van der Waals surface area (Å²) in [5.74, 6) is -0.275. The molecule has 1 saturated heterocycles. The molecule has 2 atom stereocenters. The van der Waals surface area contributed by atoms with Crippen LogP contribution in [0, 0.1) is 18.8 Å². The lowest BCUT2D eigenvalue weighted by molar-refractivity contribution is -0.141. The topological polar surface area (TPSA) is 59.1 Å². The number of carbonyl (C=O) groups excluding carboxylic acids is 2. The Morgan fingerprint density at radius 1 is 1.35 bits per heavy atom. The molecule has 1 aromatic carbocycles. The van der Waals surface area contributed by atoms with Gasteiger partial charge in [0, 0.05) is 24.9 Å². The summed E-state index contributed by atoms with van der Waals surface area (Å²) in [6.45, 7) is 5.24. The van der Waals surface area contributed by atoms with Crippen LogP contribution in [0.5, 0.6) is 0 Å². The summed E-state index contributed by atoms with van der Waals surface area (Å²) in [7, 11) is 1.98. The normalized spacial score (nSPS) is 22.4. The molecule has 2 aliphatic heterocycles. The van der Waals surface area contributed by atoms with Gasteiger partial charge in [-0.15, -0.1) is 0 Å². The van der Waals surface area contributed by atoms with Crippen LogP contribution in [0.1, 0.15) is 35.7 Å². The fourth-order valence-corrected chi connectivity index (χ4v) is 3.63. The third kappa shape index (κ3) is 3.84. The minimum Gasteiger partial charge on any atom is -0.465 e. The number of benzene rings is 1. The van der Waals surface area contributed by atoms with Gasteiger partial charge in [0.1, 0.15) is 0 Å². The summed E-state index contributed by atoms with van der Waals surface area (Å²) in [6, 6.07) is 7.41. The lowest BCUT2D eigenvalue weighted by atomic mass is 9.89. The zero-order valence-electron chi connectivity index (χ0n) is 15.6. The molecule has 1 aromatic rings. The highest BCUT2D eigenvalue weighted by atomic mass is 16.5. The first kappa shape index (κ1) is 18.3. The SMILES string of the molecule is CC[C@@H]1C(=O)OC[C@@H]1CC1=CN(C)CN1COC(=O)c1ccccc1C. The fraction of sp³-hybridized carbons (Fsp3) is 0.500. The molecule has 0 unspecified atom stereocenters. The van der Waals surface area contributed by atoms with Gasteiger partial charge >= 0.3 is 11.9 Å². The number of cyclic esters (lactones) is 1. The monoisotopic (exact) mass is 358 g/mol. The summed E-state index contributed by atoms with van der Waals surface area (Å²) < 4.78 is 10.8. The van der Waals surface area contributed by atoms with Crippen LogP contribution >= 0.6 is 0 Å². The first-order chi connectivity index (χ1) is 12.5. The van der Waals surface area contributed by atoms with Crippen molar-refractivity contribution in [1.82, 2.24) is 9.80 Å². The second-order valence-electron chi connectivity index (χ2n) is 7.04. The smallest absolute Gasteiger partial charge is 0.340 e. The van der Waals surface area contributed by atoms with Gasteiger partial charge < -0.3 is 19.3 Å². The number of carbonyl (C=O) groups is 2. The van der Waals surface area contributed by atoms with Crippen molar-refractivity contribution in [1.29, 1.82) is 0 Å². The lowest BCUT2D eigenvalue weighted by Crippen LogP contribution is -2.30. The molecule has 0 saturated carbocycles. The predicted octanol–water partition coefficient (Wildman–Crippen LogP) is 2.74. The van der Waals surface area contributed by atoms with E-state index in [1.165, 1.54) is 0 Å². The molecule has 0 aromatic heterocycles. The van der Waals surface area contributed by atoms with Crippen molar-refractivity contribution in [3.63, 3.8) is 0 Å². The van der Waals surface area contributed by atoms with Gasteiger partial charge in [-0.05, 0) is 31.4 Å². The van der Waals surface area contributed by atoms with E-state index in [0.29, 0.717) is 18.8 Å². The van der Waals surface area contributed by atoms with Crippen LogP contribution in [0.25, 0.3) is 0 Å². The number of hydrogen-bond acceptors (Lipinski definition) is 6. The zero-order chi connectivity index (χ0) is 18.7. The highest BCUT2D eigenvalue weighted by molar-refractivity contribution is 5.90. The molecule has 2 heterocycles. The van der Waals surface area contributed by atoms with Crippen LogP contribution in [0.2, 0.25) is 0 Å². The molecule has 6 heteroatoms. The first-order valence-electron chi connectivity index (χ1n) is 9.04. The summed E-state index contributed by atoms with van der Waals surface area (Å²) in [4.78, 5) is 28.2. The average Bonchev–Trinajstić information content (AvgIpc) is 3.15. The van der Waals surface area contributed by atoms with E-state index in [1.54, 1.807) is 6.07 Å². The van der Waals surface area contributed by atoms with E-state index in [9.17, 15) is 9.59 Å². The van der Waals surface area contributed by atoms with Gasteiger partial charge in [-0.2, -0.15) is 0 Å². The van der Waals surface area contributed by atoms with Gasteiger partial charge in [0.25, 0.3) is 0 Å². The van der Waals surface area contributed by atoms with Crippen LogP contribution < -0.4 is 0 Å². The number of hydrogen-bond donors (Lipinski definition) is 0. The number of allylic oxidation sites excluding steroid dienone is 1. The molecule has 0 amide bonds. The Hall–Kier alpha value is -2.50. The number of rotatable bonds is 6. The number of esters is 2. The van der Waals surface area contributed by atoms with Crippen molar-refractivity contribution in [3.05, 3.63) is 47.3 Å². The molecule has 3 rings (SSSR count). The van der Waals surface area contributed by atoms with Gasteiger partial charge in [-0.25, -0.2) is 4.79 Å². The number of aryl methyl sites for hydroxylation is 1. The molecule has 26 heavy (non-hydrogen) atoms. The van der Waals surface area contributed by atoms with E-state index in [2.05, 4.69) is 11.1 Å². The Morgan fingerprint density at radius 3 is 2.85 bits per heavy atom. The first-order valence-corrected chi connectivity index (χ1v) is 9.04. The molecule has 0 bridgehead atoms. The van der Waals surface area contributed by atoms with Crippen molar-refractivity contribution >= 4 is 11.9 Å².